The topological polar surface area (TPSA) is 61.6 Å². The van der Waals surface area contributed by atoms with E-state index < -0.39 is 0 Å². The fourth-order valence-corrected chi connectivity index (χ4v) is 2.14. The minimum absolute atomic E-state index is 0.00723. The molecule has 1 aromatic carbocycles. The molecule has 0 heterocycles. The highest BCUT2D eigenvalue weighted by Crippen LogP contribution is 2.13. The second-order valence-electron chi connectivity index (χ2n) is 5.63. The van der Waals surface area contributed by atoms with E-state index in [0.717, 1.165) is 31.7 Å². The first-order valence-electron chi connectivity index (χ1n) is 7.49. The molecule has 21 heavy (non-hydrogen) atoms. The predicted molar refractivity (Wildman–Crippen MR) is 89.4 cm³/mol. The zero-order chi connectivity index (χ0) is 15.8. The maximum absolute atomic E-state index is 12.4. The molecule has 0 aromatic heterocycles. The number of hydrogen-bond donors (Lipinski definition) is 2. The van der Waals surface area contributed by atoms with Crippen molar-refractivity contribution in [1.29, 1.82) is 0 Å². The van der Waals surface area contributed by atoms with Gasteiger partial charge in [0.1, 0.15) is 0 Å². The Balaban J connectivity index is 2.64. The van der Waals surface area contributed by atoms with Gasteiger partial charge in [0.2, 0.25) is 5.91 Å². The van der Waals surface area contributed by atoms with Gasteiger partial charge >= 0.3 is 0 Å². The molecule has 1 amide bonds. The van der Waals surface area contributed by atoms with Gasteiger partial charge in [0.15, 0.2) is 0 Å². The fourth-order valence-electron chi connectivity index (χ4n) is 2.14. The van der Waals surface area contributed by atoms with E-state index in [1.54, 1.807) is 12.1 Å². The van der Waals surface area contributed by atoms with Crippen molar-refractivity contribution in [2.45, 2.75) is 26.3 Å². The molecule has 0 fully saturated rings. The average Bonchev–Trinajstić information content (AvgIpc) is 2.42. The molecule has 0 aliphatic carbocycles. The summed E-state index contributed by atoms with van der Waals surface area (Å²) in [6, 6.07) is 7.11. The normalized spacial score (nSPS) is 12.7. The van der Waals surface area contributed by atoms with E-state index in [1.807, 2.05) is 33.2 Å². The summed E-state index contributed by atoms with van der Waals surface area (Å²) in [4.78, 5) is 16.7. The fraction of sp³-hybridized carbons (Fsp3) is 0.562. The predicted octanol–water partition coefficient (Wildman–Crippen LogP) is 1.87. The lowest BCUT2D eigenvalue weighted by molar-refractivity contribution is -0.120. The van der Waals surface area contributed by atoms with E-state index in [2.05, 4.69) is 22.0 Å². The molecular formula is C16H28N4O. The molecule has 0 saturated carbocycles. The largest absolute Gasteiger partial charge is 0.399 e. The van der Waals surface area contributed by atoms with Crippen molar-refractivity contribution >= 4 is 17.3 Å². The molecule has 1 rings (SSSR count). The van der Waals surface area contributed by atoms with Crippen molar-refractivity contribution in [2.24, 2.45) is 0 Å². The Kier molecular flexibility index (Phi) is 7.19. The van der Waals surface area contributed by atoms with Gasteiger partial charge in [-0.05, 0) is 52.2 Å². The van der Waals surface area contributed by atoms with Gasteiger partial charge in [-0.3, -0.25) is 9.69 Å². The molecule has 0 saturated heterocycles. The maximum Gasteiger partial charge on any atom is 0.241 e. The second-order valence-corrected chi connectivity index (χ2v) is 5.63. The van der Waals surface area contributed by atoms with Crippen LogP contribution in [-0.4, -0.2) is 55.5 Å². The minimum Gasteiger partial charge on any atom is -0.399 e. The third-order valence-corrected chi connectivity index (χ3v) is 3.43. The van der Waals surface area contributed by atoms with Crippen molar-refractivity contribution in [3.63, 3.8) is 0 Å². The van der Waals surface area contributed by atoms with Crippen molar-refractivity contribution in [3.05, 3.63) is 24.3 Å². The Morgan fingerprint density at radius 3 is 2.57 bits per heavy atom. The number of carbonyl (C=O) groups excluding carboxylic acids is 1. The van der Waals surface area contributed by atoms with Crippen LogP contribution < -0.4 is 11.1 Å². The summed E-state index contributed by atoms with van der Waals surface area (Å²) in [5.74, 6) is 0.00723. The number of nitrogen functional groups attached to an aromatic ring is 1. The Morgan fingerprint density at radius 2 is 2.00 bits per heavy atom. The van der Waals surface area contributed by atoms with Crippen LogP contribution in [-0.2, 0) is 4.79 Å². The molecule has 0 aliphatic heterocycles. The van der Waals surface area contributed by atoms with Gasteiger partial charge in [0, 0.05) is 24.5 Å². The van der Waals surface area contributed by atoms with E-state index in [9.17, 15) is 4.79 Å². The second kappa shape index (κ2) is 8.64. The molecule has 0 bridgehead atoms. The molecule has 5 heteroatoms. The summed E-state index contributed by atoms with van der Waals surface area (Å²) < 4.78 is 0. The van der Waals surface area contributed by atoms with E-state index in [-0.39, 0.29) is 11.9 Å². The van der Waals surface area contributed by atoms with Crippen molar-refractivity contribution in [3.8, 4) is 0 Å². The summed E-state index contributed by atoms with van der Waals surface area (Å²) in [5.41, 5.74) is 7.13. The van der Waals surface area contributed by atoms with Crippen LogP contribution in [0.5, 0.6) is 0 Å². The SMILES string of the molecule is CCCN(CCN(C)C)C(C)C(=O)Nc1cccc(N)c1. The van der Waals surface area contributed by atoms with E-state index in [0.29, 0.717) is 5.69 Å². The Morgan fingerprint density at radius 1 is 1.29 bits per heavy atom. The summed E-state index contributed by atoms with van der Waals surface area (Å²) in [6.07, 6.45) is 1.03. The highest BCUT2D eigenvalue weighted by Gasteiger charge is 2.20. The zero-order valence-electron chi connectivity index (χ0n) is 13.6. The summed E-state index contributed by atoms with van der Waals surface area (Å²) in [6.45, 7) is 6.82. The lowest BCUT2D eigenvalue weighted by Gasteiger charge is -2.29. The molecule has 118 valence electrons. The van der Waals surface area contributed by atoms with Crippen molar-refractivity contribution in [2.75, 3.05) is 44.8 Å². The van der Waals surface area contributed by atoms with Crippen LogP contribution in [0.4, 0.5) is 11.4 Å². The molecule has 1 atom stereocenters. The first-order valence-corrected chi connectivity index (χ1v) is 7.49. The van der Waals surface area contributed by atoms with Crippen molar-refractivity contribution < 1.29 is 4.79 Å². The third-order valence-electron chi connectivity index (χ3n) is 3.43. The molecule has 3 N–H and O–H groups in total. The monoisotopic (exact) mass is 292 g/mol. The number of nitrogens with zero attached hydrogens (tertiary/aromatic N) is 2. The Bertz CT molecular complexity index is 448. The van der Waals surface area contributed by atoms with Crippen LogP contribution >= 0.6 is 0 Å². The van der Waals surface area contributed by atoms with Gasteiger partial charge in [0.05, 0.1) is 6.04 Å². The average molecular weight is 292 g/mol. The zero-order valence-corrected chi connectivity index (χ0v) is 13.6. The smallest absolute Gasteiger partial charge is 0.241 e. The van der Waals surface area contributed by atoms with Crippen LogP contribution in [0.3, 0.4) is 0 Å². The molecular weight excluding hydrogens is 264 g/mol. The van der Waals surface area contributed by atoms with Gasteiger partial charge in [-0.25, -0.2) is 0 Å². The number of hydrogen-bond acceptors (Lipinski definition) is 4. The highest BCUT2D eigenvalue weighted by atomic mass is 16.2. The minimum atomic E-state index is -0.161. The standard InChI is InChI=1S/C16H28N4O/c1-5-9-20(11-10-19(3)4)13(2)16(21)18-15-8-6-7-14(17)12-15/h6-8,12-13H,5,9-11,17H2,1-4H3,(H,18,21). The van der Waals surface area contributed by atoms with Crippen LogP contribution in [0, 0.1) is 0 Å². The number of nitrogens with one attached hydrogen (secondary N) is 1. The highest BCUT2D eigenvalue weighted by molar-refractivity contribution is 5.94. The Labute approximate surface area is 128 Å². The molecule has 5 nitrogen and oxygen atoms in total. The van der Waals surface area contributed by atoms with Gasteiger partial charge in [-0.2, -0.15) is 0 Å². The third kappa shape index (κ3) is 6.14. The van der Waals surface area contributed by atoms with E-state index in [4.69, 9.17) is 5.73 Å². The molecule has 0 aliphatic rings. The first kappa shape index (κ1) is 17.5. The lowest BCUT2D eigenvalue weighted by Crippen LogP contribution is -2.45. The van der Waals surface area contributed by atoms with Crippen LogP contribution in [0.2, 0.25) is 0 Å². The van der Waals surface area contributed by atoms with Crippen LogP contribution in [0.15, 0.2) is 24.3 Å². The number of nitrogens with two attached hydrogens (primary N) is 1. The van der Waals surface area contributed by atoms with Crippen LogP contribution in [0.1, 0.15) is 20.3 Å². The number of amides is 1. The molecule has 1 unspecified atom stereocenters. The van der Waals surface area contributed by atoms with Gasteiger partial charge in [-0.15, -0.1) is 0 Å². The number of likely N-dealkylation sites (N-methyl/N-ethyl adjacent to an activating group) is 1. The Hall–Kier alpha value is -1.59. The number of carbonyl (C=O) groups is 1. The summed E-state index contributed by atoms with van der Waals surface area (Å²) >= 11 is 0. The van der Waals surface area contributed by atoms with Gasteiger partial charge in [-0.1, -0.05) is 13.0 Å². The van der Waals surface area contributed by atoms with Crippen molar-refractivity contribution in [1.82, 2.24) is 9.80 Å². The van der Waals surface area contributed by atoms with E-state index >= 15 is 0 Å². The molecule has 1 aromatic rings. The van der Waals surface area contributed by atoms with Crippen LogP contribution in [0.25, 0.3) is 0 Å². The lowest BCUT2D eigenvalue weighted by atomic mass is 10.2. The van der Waals surface area contributed by atoms with Gasteiger partial charge < -0.3 is 16.0 Å². The first-order chi connectivity index (χ1) is 9.93. The molecule has 0 spiro atoms. The number of benzene rings is 1. The van der Waals surface area contributed by atoms with Gasteiger partial charge in [0.25, 0.3) is 0 Å². The molecule has 0 radical (unpaired) electrons. The number of anilines is 2. The number of rotatable bonds is 8. The summed E-state index contributed by atoms with van der Waals surface area (Å²) in [5, 5.41) is 2.93. The summed E-state index contributed by atoms with van der Waals surface area (Å²) in [7, 11) is 4.09. The van der Waals surface area contributed by atoms with E-state index in [1.165, 1.54) is 0 Å². The quantitative estimate of drug-likeness (QED) is 0.718. The maximum atomic E-state index is 12.4.